The van der Waals surface area contributed by atoms with E-state index in [-0.39, 0.29) is 29.5 Å². The van der Waals surface area contributed by atoms with E-state index in [0.717, 1.165) is 44.1 Å². The number of sulfonamides is 1. The fourth-order valence-electron chi connectivity index (χ4n) is 2.19. The molecule has 0 unspecified atom stereocenters. The standard InChI is InChI=1S/C13H18FN3O3S/c14-11-4-3-10(9-12(11)15)21(19,20)16-6-5-13(18)17-7-1-2-8-17/h3-4,9,16H,1-2,5-8,15H2. The second kappa shape index (κ2) is 6.40. The van der Waals surface area contributed by atoms with Crippen LogP contribution in [-0.2, 0) is 14.8 Å². The average Bonchev–Trinajstić information content (AvgIpc) is 2.95. The van der Waals surface area contributed by atoms with Gasteiger partial charge in [-0.3, -0.25) is 4.79 Å². The Morgan fingerprint density at radius 1 is 1.33 bits per heavy atom. The first-order valence-electron chi connectivity index (χ1n) is 6.72. The quantitative estimate of drug-likeness (QED) is 0.782. The van der Waals surface area contributed by atoms with Gasteiger partial charge in [-0.2, -0.15) is 0 Å². The third-order valence-electron chi connectivity index (χ3n) is 3.37. The molecule has 6 nitrogen and oxygen atoms in total. The third-order valence-corrected chi connectivity index (χ3v) is 4.83. The van der Waals surface area contributed by atoms with Gasteiger partial charge in [0.25, 0.3) is 0 Å². The summed E-state index contributed by atoms with van der Waals surface area (Å²) in [4.78, 5) is 13.4. The molecule has 0 aromatic heterocycles. The van der Waals surface area contributed by atoms with Crippen LogP contribution in [0.15, 0.2) is 23.1 Å². The van der Waals surface area contributed by atoms with E-state index in [2.05, 4.69) is 4.72 Å². The van der Waals surface area contributed by atoms with Crippen LogP contribution < -0.4 is 10.5 Å². The van der Waals surface area contributed by atoms with Gasteiger partial charge in [-0.1, -0.05) is 0 Å². The number of nitrogens with zero attached hydrogens (tertiary/aromatic N) is 1. The average molecular weight is 315 g/mol. The van der Waals surface area contributed by atoms with Gasteiger partial charge in [0.1, 0.15) is 5.82 Å². The molecule has 0 spiro atoms. The number of carbonyl (C=O) groups excluding carboxylic acids is 1. The molecule has 1 aliphatic heterocycles. The molecule has 1 amide bonds. The van der Waals surface area contributed by atoms with Crippen molar-refractivity contribution in [2.45, 2.75) is 24.2 Å². The molecule has 1 aromatic carbocycles. The van der Waals surface area contributed by atoms with Crippen molar-refractivity contribution < 1.29 is 17.6 Å². The number of nitrogen functional groups attached to an aromatic ring is 1. The summed E-state index contributed by atoms with van der Waals surface area (Å²) in [5.41, 5.74) is 5.12. The molecule has 21 heavy (non-hydrogen) atoms. The van der Waals surface area contributed by atoms with Crippen LogP contribution in [0, 0.1) is 5.82 Å². The molecule has 0 bridgehead atoms. The lowest BCUT2D eigenvalue weighted by Crippen LogP contribution is -2.32. The number of rotatable bonds is 5. The second-order valence-corrected chi connectivity index (χ2v) is 6.69. The minimum absolute atomic E-state index is 0.00888. The van der Waals surface area contributed by atoms with Gasteiger partial charge in [0.15, 0.2) is 0 Å². The number of nitrogens with one attached hydrogen (secondary N) is 1. The Hall–Kier alpha value is -1.67. The Morgan fingerprint density at radius 2 is 2.00 bits per heavy atom. The molecule has 0 aliphatic carbocycles. The maximum atomic E-state index is 13.0. The molecule has 0 radical (unpaired) electrons. The number of hydrogen-bond acceptors (Lipinski definition) is 4. The minimum Gasteiger partial charge on any atom is -0.396 e. The number of benzene rings is 1. The Bertz CT molecular complexity index is 628. The van der Waals surface area contributed by atoms with E-state index >= 15 is 0 Å². The van der Waals surface area contributed by atoms with Crippen LogP contribution >= 0.6 is 0 Å². The molecule has 2 rings (SSSR count). The lowest BCUT2D eigenvalue weighted by atomic mass is 10.3. The maximum Gasteiger partial charge on any atom is 0.240 e. The molecule has 116 valence electrons. The zero-order valence-corrected chi connectivity index (χ0v) is 12.3. The number of halogens is 1. The van der Waals surface area contributed by atoms with E-state index in [0.29, 0.717) is 0 Å². The highest BCUT2D eigenvalue weighted by molar-refractivity contribution is 7.89. The Balaban J connectivity index is 1.91. The van der Waals surface area contributed by atoms with E-state index in [1.54, 1.807) is 4.90 Å². The monoisotopic (exact) mass is 315 g/mol. The molecule has 1 saturated heterocycles. The van der Waals surface area contributed by atoms with Crippen molar-refractivity contribution >= 4 is 21.6 Å². The zero-order chi connectivity index (χ0) is 15.5. The van der Waals surface area contributed by atoms with Gasteiger partial charge in [-0.15, -0.1) is 0 Å². The number of anilines is 1. The predicted octanol–water partition coefficient (Wildman–Crippen LogP) is 0.699. The van der Waals surface area contributed by atoms with Crippen LogP contribution in [0.4, 0.5) is 10.1 Å². The smallest absolute Gasteiger partial charge is 0.240 e. The molecule has 0 atom stereocenters. The van der Waals surface area contributed by atoms with Gasteiger partial charge in [0.2, 0.25) is 15.9 Å². The van der Waals surface area contributed by atoms with Crippen LogP contribution in [0.3, 0.4) is 0 Å². The summed E-state index contributed by atoms with van der Waals surface area (Å²) in [5.74, 6) is -0.730. The van der Waals surface area contributed by atoms with Gasteiger partial charge < -0.3 is 10.6 Å². The van der Waals surface area contributed by atoms with Crippen LogP contribution in [0.2, 0.25) is 0 Å². The summed E-state index contributed by atoms with van der Waals surface area (Å²) < 4.78 is 39.3. The van der Waals surface area contributed by atoms with Gasteiger partial charge in [-0.05, 0) is 31.0 Å². The van der Waals surface area contributed by atoms with Crippen LogP contribution in [-0.4, -0.2) is 38.9 Å². The van der Waals surface area contributed by atoms with E-state index in [4.69, 9.17) is 5.73 Å². The molecule has 3 N–H and O–H groups in total. The van der Waals surface area contributed by atoms with Gasteiger partial charge in [0, 0.05) is 26.1 Å². The fraction of sp³-hybridized carbons (Fsp3) is 0.462. The van der Waals surface area contributed by atoms with Crippen LogP contribution in [0.1, 0.15) is 19.3 Å². The van der Waals surface area contributed by atoms with Gasteiger partial charge in [0.05, 0.1) is 10.6 Å². The van der Waals surface area contributed by atoms with Crippen molar-refractivity contribution in [3.63, 3.8) is 0 Å². The summed E-state index contributed by atoms with van der Waals surface area (Å²) in [6.07, 6.45) is 2.09. The van der Waals surface area contributed by atoms with Crippen molar-refractivity contribution in [2.75, 3.05) is 25.4 Å². The number of amides is 1. The number of hydrogen-bond donors (Lipinski definition) is 2. The van der Waals surface area contributed by atoms with E-state index in [1.807, 2.05) is 0 Å². The van der Waals surface area contributed by atoms with Crippen molar-refractivity contribution in [1.82, 2.24) is 9.62 Å². The van der Waals surface area contributed by atoms with Crippen LogP contribution in [0.25, 0.3) is 0 Å². The first kappa shape index (κ1) is 15.7. The molecule has 0 saturated carbocycles. The summed E-state index contributed by atoms with van der Waals surface area (Å²) in [7, 11) is -3.79. The first-order chi connectivity index (χ1) is 9.90. The Morgan fingerprint density at radius 3 is 2.62 bits per heavy atom. The van der Waals surface area contributed by atoms with E-state index in [1.165, 1.54) is 0 Å². The summed E-state index contributed by atoms with van der Waals surface area (Å²) in [6.45, 7) is 1.48. The maximum absolute atomic E-state index is 13.0. The van der Waals surface area contributed by atoms with Crippen molar-refractivity contribution in [3.8, 4) is 0 Å². The molecule has 1 fully saturated rings. The SMILES string of the molecule is Nc1cc(S(=O)(=O)NCCC(=O)N2CCCC2)ccc1F. The van der Waals surface area contributed by atoms with E-state index in [9.17, 15) is 17.6 Å². The second-order valence-electron chi connectivity index (χ2n) is 4.92. The van der Waals surface area contributed by atoms with Crippen LogP contribution in [0.5, 0.6) is 0 Å². The molecule has 1 aromatic rings. The zero-order valence-electron chi connectivity index (χ0n) is 11.5. The molecule has 8 heteroatoms. The van der Waals surface area contributed by atoms with Crippen molar-refractivity contribution in [1.29, 1.82) is 0 Å². The number of carbonyl (C=O) groups is 1. The highest BCUT2D eigenvalue weighted by Crippen LogP contribution is 2.16. The van der Waals surface area contributed by atoms with Crippen molar-refractivity contribution in [2.24, 2.45) is 0 Å². The molecule has 1 aliphatic rings. The molecule has 1 heterocycles. The number of nitrogens with two attached hydrogens (primary N) is 1. The predicted molar refractivity (Wildman–Crippen MR) is 76.4 cm³/mol. The van der Waals surface area contributed by atoms with Gasteiger partial charge in [-0.25, -0.2) is 17.5 Å². The normalized spacial score (nSPS) is 15.4. The van der Waals surface area contributed by atoms with E-state index < -0.39 is 15.8 Å². The highest BCUT2D eigenvalue weighted by atomic mass is 32.2. The minimum atomic E-state index is -3.79. The first-order valence-corrected chi connectivity index (χ1v) is 8.21. The largest absolute Gasteiger partial charge is 0.396 e. The number of likely N-dealkylation sites (tertiary alicyclic amines) is 1. The lowest BCUT2D eigenvalue weighted by molar-refractivity contribution is -0.129. The Kier molecular flexibility index (Phi) is 4.79. The third kappa shape index (κ3) is 3.92. The summed E-state index contributed by atoms with van der Waals surface area (Å²) >= 11 is 0. The Labute approximate surface area is 123 Å². The molecular weight excluding hydrogens is 297 g/mol. The van der Waals surface area contributed by atoms with Gasteiger partial charge >= 0.3 is 0 Å². The topological polar surface area (TPSA) is 92.5 Å². The van der Waals surface area contributed by atoms with Crippen molar-refractivity contribution in [3.05, 3.63) is 24.0 Å². The summed E-state index contributed by atoms with van der Waals surface area (Å²) in [6, 6.07) is 3.19. The summed E-state index contributed by atoms with van der Waals surface area (Å²) in [5, 5.41) is 0. The lowest BCUT2D eigenvalue weighted by Gasteiger charge is -2.15. The fourth-order valence-corrected chi connectivity index (χ4v) is 3.26. The highest BCUT2D eigenvalue weighted by Gasteiger charge is 2.19. The molecular formula is C13H18FN3O3S.